The molecule has 9 nitrogen and oxygen atoms in total. The molecule has 4 heterocycles. The van der Waals surface area contributed by atoms with Gasteiger partial charge in [0.05, 0.1) is 56.2 Å². The van der Waals surface area contributed by atoms with E-state index in [4.69, 9.17) is 29.2 Å². The van der Waals surface area contributed by atoms with Crippen molar-refractivity contribution in [1.82, 2.24) is 20.3 Å². The van der Waals surface area contributed by atoms with Gasteiger partial charge in [0.1, 0.15) is 11.6 Å². The van der Waals surface area contributed by atoms with Crippen molar-refractivity contribution in [1.29, 1.82) is 0 Å². The summed E-state index contributed by atoms with van der Waals surface area (Å²) in [6, 6.07) is 9.45. The number of anilines is 2. The van der Waals surface area contributed by atoms with E-state index in [-0.39, 0.29) is 17.9 Å². The Balaban J connectivity index is 1.54. The predicted octanol–water partition coefficient (Wildman–Crippen LogP) is 3.02. The molecule has 5 rings (SSSR count). The number of fused-ring (bicyclic) bond motifs is 1. The number of hydrogen-bond donors (Lipinski definition) is 1. The first-order chi connectivity index (χ1) is 18.0. The maximum absolute atomic E-state index is 14.5. The topological polar surface area (TPSA) is 84.9 Å². The fourth-order valence-electron chi connectivity index (χ4n) is 4.82. The number of aromatic nitrogens is 3. The van der Waals surface area contributed by atoms with E-state index in [1.54, 1.807) is 13.2 Å². The SMILES string of the molecule is COCCNCc1cc(-c2ccc3c(N4CCOC[C@@H]4C)nc(N4CCOC[C@@H]4C)nc3n2)ccc1F. The Morgan fingerprint density at radius 3 is 2.49 bits per heavy atom. The number of hydrogen-bond acceptors (Lipinski definition) is 9. The Morgan fingerprint density at radius 1 is 1.00 bits per heavy atom. The van der Waals surface area contributed by atoms with Gasteiger partial charge in [-0.25, -0.2) is 9.37 Å². The van der Waals surface area contributed by atoms with E-state index in [9.17, 15) is 4.39 Å². The first kappa shape index (κ1) is 25.7. The number of benzene rings is 1. The second-order valence-electron chi connectivity index (χ2n) is 9.63. The van der Waals surface area contributed by atoms with Crippen molar-refractivity contribution in [3.8, 4) is 11.3 Å². The largest absolute Gasteiger partial charge is 0.383 e. The van der Waals surface area contributed by atoms with Crippen molar-refractivity contribution < 1.29 is 18.6 Å². The van der Waals surface area contributed by atoms with E-state index in [1.165, 1.54) is 6.07 Å². The van der Waals surface area contributed by atoms with Crippen molar-refractivity contribution in [2.45, 2.75) is 32.5 Å². The van der Waals surface area contributed by atoms with E-state index in [0.717, 1.165) is 35.6 Å². The zero-order valence-electron chi connectivity index (χ0n) is 21.7. The van der Waals surface area contributed by atoms with Crippen LogP contribution in [-0.4, -0.2) is 86.8 Å². The summed E-state index contributed by atoms with van der Waals surface area (Å²) >= 11 is 0. The van der Waals surface area contributed by atoms with Crippen molar-refractivity contribution >= 4 is 22.8 Å². The van der Waals surface area contributed by atoms with Gasteiger partial charge in [-0.15, -0.1) is 0 Å². The fourth-order valence-corrected chi connectivity index (χ4v) is 4.82. The second-order valence-corrected chi connectivity index (χ2v) is 9.63. The minimum absolute atomic E-state index is 0.162. The Kier molecular flexibility index (Phi) is 8.09. The van der Waals surface area contributed by atoms with E-state index < -0.39 is 0 Å². The highest BCUT2D eigenvalue weighted by Gasteiger charge is 2.27. The molecule has 10 heteroatoms. The molecular formula is C27H35FN6O3. The van der Waals surface area contributed by atoms with Gasteiger partial charge in [-0.1, -0.05) is 0 Å². The van der Waals surface area contributed by atoms with Crippen molar-refractivity contribution in [2.75, 3.05) is 69.6 Å². The van der Waals surface area contributed by atoms with Crippen LogP contribution in [0.15, 0.2) is 30.3 Å². The quantitative estimate of drug-likeness (QED) is 0.460. The summed E-state index contributed by atoms with van der Waals surface area (Å²) in [4.78, 5) is 19.4. The van der Waals surface area contributed by atoms with Crippen LogP contribution in [0.1, 0.15) is 19.4 Å². The number of nitrogens with one attached hydrogen (secondary N) is 1. The molecule has 0 amide bonds. The number of ether oxygens (including phenoxy) is 3. The molecule has 2 saturated heterocycles. The molecule has 0 unspecified atom stereocenters. The first-order valence-corrected chi connectivity index (χ1v) is 12.9. The molecule has 2 aliphatic rings. The van der Waals surface area contributed by atoms with E-state index >= 15 is 0 Å². The molecule has 37 heavy (non-hydrogen) atoms. The highest BCUT2D eigenvalue weighted by Crippen LogP contribution is 2.31. The fraction of sp³-hybridized carbons (Fsp3) is 0.519. The molecule has 2 fully saturated rings. The van der Waals surface area contributed by atoms with Crippen LogP contribution in [0.5, 0.6) is 0 Å². The van der Waals surface area contributed by atoms with Gasteiger partial charge in [0.25, 0.3) is 0 Å². The van der Waals surface area contributed by atoms with Crippen molar-refractivity contribution in [3.05, 3.63) is 41.7 Å². The number of halogens is 1. The van der Waals surface area contributed by atoms with Crippen LogP contribution in [0.3, 0.4) is 0 Å². The minimum Gasteiger partial charge on any atom is -0.383 e. The van der Waals surface area contributed by atoms with Gasteiger partial charge in [0.2, 0.25) is 5.95 Å². The molecule has 1 aromatic carbocycles. The van der Waals surface area contributed by atoms with Gasteiger partial charge in [-0.05, 0) is 44.2 Å². The first-order valence-electron chi connectivity index (χ1n) is 12.9. The summed E-state index contributed by atoms with van der Waals surface area (Å²) in [6.45, 7) is 9.95. The molecule has 2 aliphatic heterocycles. The summed E-state index contributed by atoms with van der Waals surface area (Å²) in [5.41, 5.74) is 2.79. The lowest BCUT2D eigenvalue weighted by Crippen LogP contribution is -2.46. The third-order valence-corrected chi connectivity index (χ3v) is 6.93. The third kappa shape index (κ3) is 5.67. The second kappa shape index (κ2) is 11.6. The summed E-state index contributed by atoms with van der Waals surface area (Å²) in [6.07, 6.45) is 0. The van der Waals surface area contributed by atoms with Gasteiger partial charge in [-0.2, -0.15) is 9.97 Å². The van der Waals surface area contributed by atoms with Crippen molar-refractivity contribution in [3.63, 3.8) is 0 Å². The number of pyridine rings is 1. The lowest BCUT2D eigenvalue weighted by atomic mass is 10.1. The Bertz CT molecular complexity index is 1230. The van der Waals surface area contributed by atoms with Crippen LogP contribution in [-0.2, 0) is 20.8 Å². The highest BCUT2D eigenvalue weighted by molar-refractivity contribution is 5.90. The van der Waals surface area contributed by atoms with Crippen LogP contribution in [0.2, 0.25) is 0 Å². The van der Waals surface area contributed by atoms with Gasteiger partial charge in [-0.3, -0.25) is 0 Å². The smallest absolute Gasteiger partial charge is 0.229 e. The molecule has 0 saturated carbocycles. The van der Waals surface area contributed by atoms with Gasteiger partial charge in [0.15, 0.2) is 5.65 Å². The summed E-state index contributed by atoms with van der Waals surface area (Å²) in [7, 11) is 1.65. The molecule has 0 bridgehead atoms. The predicted molar refractivity (Wildman–Crippen MR) is 142 cm³/mol. The molecule has 198 valence electrons. The lowest BCUT2D eigenvalue weighted by Gasteiger charge is -2.37. The Labute approximate surface area is 217 Å². The van der Waals surface area contributed by atoms with Crippen LogP contribution < -0.4 is 15.1 Å². The standard InChI is InChI=1S/C27H35FN6O3/c1-18-16-36-12-9-33(18)26-22-5-7-24(20-4-6-23(28)21(14-20)15-29-8-11-35-3)30-25(22)31-27(32-26)34-10-13-37-17-19(34)2/h4-7,14,18-19,29H,8-13,15-17H2,1-3H3/t18-,19-/m0/s1. The summed E-state index contributed by atoms with van der Waals surface area (Å²) < 4.78 is 30.9. The summed E-state index contributed by atoms with van der Waals surface area (Å²) in [5, 5.41) is 4.10. The zero-order valence-corrected chi connectivity index (χ0v) is 21.7. The van der Waals surface area contributed by atoms with E-state index in [2.05, 4.69) is 29.0 Å². The van der Waals surface area contributed by atoms with E-state index in [1.807, 2.05) is 18.2 Å². The van der Waals surface area contributed by atoms with Gasteiger partial charge < -0.3 is 29.3 Å². The normalized spacial score (nSPS) is 20.5. The number of rotatable bonds is 8. The van der Waals surface area contributed by atoms with Crippen LogP contribution >= 0.6 is 0 Å². The zero-order chi connectivity index (χ0) is 25.8. The van der Waals surface area contributed by atoms with Crippen LogP contribution in [0.25, 0.3) is 22.3 Å². The average molecular weight is 511 g/mol. The molecule has 3 aromatic rings. The van der Waals surface area contributed by atoms with E-state index in [0.29, 0.717) is 63.3 Å². The maximum atomic E-state index is 14.5. The van der Waals surface area contributed by atoms with Crippen LogP contribution in [0.4, 0.5) is 16.2 Å². The number of methoxy groups -OCH3 is 1. The molecule has 2 aromatic heterocycles. The monoisotopic (exact) mass is 510 g/mol. The molecule has 0 spiro atoms. The lowest BCUT2D eigenvalue weighted by molar-refractivity contribution is 0.0973. The minimum atomic E-state index is -0.246. The molecule has 0 aliphatic carbocycles. The molecule has 2 atom stereocenters. The molecule has 1 N–H and O–H groups in total. The number of nitrogens with zero attached hydrogens (tertiary/aromatic N) is 5. The van der Waals surface area contributed by atoms with Gasteiger partial charge >= 0.3 is 0 Å². The molecule has 0 radical (unpaired) electrons. The average Bonchev–Trinajstić information content (AvgIpc) is 2.92. The Hall–Kier alpha value is -2.92. The van der Waals surface area contributed by atoms with Crippen molar-refractivity contribution in [2.24, 2.45) is 0 Å². The van der Waals surface area contributed by atoms with Crippen LogP contribution in [0, 0.1) is 5.82 Å². The third-order valence-electron chi connectivity index (χ3n) is 6.93. The summed E-state index contributed by atoms with van der Waals surface area (Å²) in [5.74, 6) is 1.28. The van der Waals surface area contributed by atoms with Gasteiger partial charge in [0, 0.05) is 44.4 Å². The number of morpholine rings is 2. The molecular weight excluding hydrogens is 475 g/mol. The maximum Gasteiger partial charge on any atom is 0.229 e. The Morgan fingerprint density at radius 2 is 1.76 bits per heavy atom. The highest BCUT2D eigenvalue weighted by atomic mass is 19.1.